The fourth-order valence-corrected chi connectivity index (χ4v) is 3.04. The molecule has 0 saturated heterocycles. The zero-order chi connectivity index (χ0) is 17.3. The van der Waals surface area contributed by atoms with Crippen LogP contribution in [0.15, 0.2) is 24.3 Å². The van der Waals surface area contributed by atoms with Crippen LogP contribution in [0.4, 0.5) is 0 Å². The van der Waals surface area contributed by atoms with Crippen LogP contribution in [0.5, 0.6) is 0 Å². The third-order valence-corrected chi connectivity index (χ3v) is 4.51. The number of fused-ring (bicyclic) bond motifs is 1. The Morgan fingerprint density at radius 3 is 2.83 bits per heavy atom. The second-order valence-electron chi connectivity index (χ2n) is 5.61. The van der Waals surface area contributed by atoms with Gasteiger partial charge in [-0.15, -0.1) is 0 Å². The Kier molecular flexibility index (Phi) is 4.78. The van der Waals surface area contributed by atoms with Crippen LogP contribution < -0.4 is 5.32 Å². The van der Waals surface area contributed by atoms with Gasteiger partial charge in [-0.25, -0.2) is 0 Å². The van der Waals surface area contributed by atoms with Gasteiger partial charge in [0.1, 0.15) is 5.69 Å². The third-order valence-electron chi connectivity index (χ3n) is 3.92. The summed E-state index contributed by atoms with van der Waals surface area (Å²) in [6, 6.07) is 6.80. The van der Waals surface area contributed by atoms with Gasteiger partial charge in [0, 0.05) is 36.2 Å². The number of hydrogen-bond donors (Lipinski definition) is 1. The van der Waals surface area contributed by atoms with E-state index in [1.165, 1.54) is 6.07 Å². The molecule has 2 heterocycles. The largest absolute Gasteiger partial charge is 0.350 e. The van der Waals surface area contributed by atoms with E-state index in [1.54, 1.807) is 28.8 Å². The highest BCUT2D eigenvalue weighted by Crippen LogP contribution is 2.21. The Morgan fingerprint density at radius 1 is 1.29 bits per heavy atom. The molecule has 0 unspecified atom stereocenters. The number of nitrogens with zero attached hydrogens (tertiary/aromatic N) is 3. The monoisotopic (exact) mass is 366 g/mol. The summed E-state index contributed by atoms with van der Waals surface area (Å²) in [6.07, 6.45) is 0.580. The van der Waals surface area contributed by atoms with Crippen molar-refractivity contribution in [2.24, 2.45) is 0 Å². The van der Waals surface area contributed by atoms with Crippen molar-refractivity contribution in [1.82, 2.24) is 20.0 Å². The number of benzene rings is 1. The van der Waals surface area contributed by atoms with E-state index < -0.39 is 0 Å². The van der Waals surface area contributed by atoms with E-state index >= 15 is 0 Å². The summed E-state index contributed by atoms with van der Waals surface area (Å²) < 4.78 is 1.58. The molecule has 1 N–H and O–H groups in total. The highest BCUT2D eigenvalue weighted by Gasteiger charge is 2.25. The van der Waals surface area contributed by atoms with Crippen LogP contribution in [0, 0.1) is 0 Å². The van der Waals surface area contributed by atoms with E-state index in [0.717, 1.165) is 5.56 Å². The van der Waals surface area contributed by atoms with Crippen molar-refractivity contribution in [2.45, 2.75) is 13.0 Å². The Morgan fingerprint density at radius 2 is 2.08 bits per heavy atom. The summed E-state index contributed by atoms with van der Waals surface area (Å²) in [7, 11) is 1.73. The van der Waals surface area contributed by atoms with Gasteiger partial charge < -0.3 is 10.2 Å². The fraction of sp³-hybridized carbons (Fsp3) is 0.312. The molecule has 1 aliphatic heterocycles. The predicted molar refractivity (Wildman–Crippen MR) is 91.7 cm³/mol. The lowest BCUT2D eigenvalue weighted by molar-refractivity contribution is 0.0742. The molecule has 126 valence electrons. The molecule has 0 saturated carbocycles. The lowest BCUT2D eigenvalue weighted by Gasteiger charge is -2.22. The van der Waals surface area contributed by atoms with Crippen LogP contribution in [0.2, 0.25) is 10.0 Å². The summed E-state index contributed by atoms with van der Waals surface area (Å²) in [5.41, 5.74) is 1.59. The van der Waals surface area contributed by atoms with Gasteiger partial charge >= 0.3 is 0 Å². The molecule has 1 aliphatic rings. The van der Waals surface area contributed by atoms with E-state index in [1.807, 2.05) is 6.07 Å². The molecule has 0 radical (unpaired) electrons. The Hall–Kier alpha value is -2.05. The molecular formula is C16H16Cl2N4O2. The number of likely N-dealkylation sites (N-methyl/N-ethyl adjacent to an activating group) is 1. The van der Waals surface area contributed by atoms with Crippen molar-refractivity contribution in [3.8, 4) is 0 Å². The van der Waals surface area contributed by atoms with Crippen molar-refractivity contribution in [3.63, 3.8) is 0 Å². The molecule has 3 rings (SSSR count). The van der Waals surface area contributed by atoms with E-state index in [-0.39, 0.29) is 17.5 Å². The van der Waals surface area contributed by atoms with Crippen LogP contribution in [0.1, 0.15) is 26.5 Å². The first-order valence-corrected chi connectivity index (χ1v) is 8.27. The lowest BCUT2D eigenvalue weighted by Crippen LogP contribution is -2.37. The molecule has 8 heteroatoms. The van der Waals surface area contributed by atoms with Gasteiger partial charge in [0.25, 0.3) is 11.8 Å². The lowest BCUT2D eigenvalue weighted by atomic mass is 10.1. The maximum absolute atomic E-state index is 12.2. The molecule has 0 fully saturated rings. The smallest absolute Gasteiger partial charge is 0.271 e. The highest BCUT2D eigenvalue weighted by atomic mass is 35.5. The van der Waals surface area contributed by atoms with Gasteiger partial charge in [0.15, 0.2) is 5.69 Å². The number of carbonyl (C=O) groups is 2. The summed E-state index contributed by atoms with van der Waals surface area (Å²) in [6.45, 7) is 1.59. The van der Waals surface area contributed by atoms with Crippen molar-refractivity contribution >= 4 is 35.0 Å². The molecule has 1 aromatic carbocycles. The number of carbonyl (C=O) groups excluding carboxylic acids is 2. The van der Waals surface area contributed by atoms with Crippen LogP contribution in [-0.2, 0) is 13.0 Å². The predicted octanol–water partition coefficient (Wildman–Crippen LogP) is 2.25. The van der Waals surface area contributed by atoms with Gasteiger partial charge in [-0.1, -0.05) is 29.3 Å². The van der Waals surface area contributed by atoms with Gasteiger partial charge in [0.2, 0.25) is 0 Å². The minimum Gasteiger partial charge on any atom is -0.350 e. The van der Waals surface area contributed by atoms with Crippen molar-refractivity contribution in [3.05, 3.63) is 51.3 Å². The number of hydrogen-bond acceptors (Lipinski definition) is 3. The van der Waals surface area contributed by atoms with Gasteiger partial charge in [-0.2, -0.15) is 5.10 Å². The number of rotatable bonds is 4. The number of nitrogens with one attached hydrogen (secondary N) is 1. The molecule has 0 bridgehead atoms. The molecule has 0 atom stereocenters. The molecule has 0 aliphatic carbocycles. The number of halogens is 2. The summed E-state index contributed by atoms with van der Waals surface area (Å²) >= 11 is 12.0. The Bertz CT molecular complexity index is 803. The van der Waals surface area contributed by atoms with Crippen molar-refractivity contribution in [2.75, 3.05) is 20.1 Å². The maximum atomic E-state index is 12.2. The van der Waals surface area contributed by atoms with Gasteiger partial charge in [-0.05, 0) is 24.1 Å². The van der Waals surface area contributed by atoms with Gasteiger partial charge in [-0.3, -0.25) is 14.3 Å². The van der Waals surface area contributed by atoms with E-state index in [9.17, 15) is 9.59 Å². The number of amides is 2. The third kappa shape index (κ3) is 3.39. The minimum absolute atomic E-state index is 0.124. The maximum Gasteiger partial charge on any atom is 0.271 e. The van der Waals surface area contributed by atoms with E-state index in [2.05, 4.69) is 10.4 Å². The first kappa shape index (κ1) is 16.8. The molecular weight excluding hydrogens is 351 g/mol. The molecule has 1 aromatic heterocycles. The van der Waals surface area contributed by atoms with Crippen LogP contribution >= 0.6 is 23.2 Å². The minimum atomic E-state index is -0.308. The first-order chi connectivity index (χ1) is 11.5. The molecule has 24 heavy (non-hydrogen) atoms. The summed E-state index contributed by atoms with van der Waals surface area (Å²) in [5, 5.41) is 8.14. The SMILES string of the molecule is CN1CCn2nc(C(=O)NCCc3ccc(Cl)cc3Cl)cc2C1=O. The second kappa shape index (κ2) is 6.83. The van der Waals surface area contributed by atoms with Gasteiger partial charge in [0.05, 0.1) is 6.54 Å². The molecule has 2 aromatic rings. The highest BCUT2D eigenvalue weighted by molar-refractivity contribution is 6.35. The fourth-order valence-electron chi connectivity index (χ4n) is 2.54. The van der Waals surface area contributed by atoms with Crippen molar-refractivity contribution in [1.29, 1.82) is 0 Å². The summed E-state index contributed by atoms with van der Waals surface area (Å²) in [4.78, 5) is 25.9. The Labute approximate surface area is 149 Å². The molecule has 6 nitrogen and oxygen atoms in total. The zero-order valence-electron chi connectivity index (χ0n) is 13.1. The normalized spacial score (nSPS) is 13.8. The van der Waals surface area contributed by atoms with E-state index in [4.69, 9.17) is 23.2 Å². The van der Waals surface area contributed by atoms with Crippen LogP contribution in [-0.4, -0.2) is 46.6 Å². The summed E-state index contributed by atoms with van der Waals surface area (Å²) in [5.74, 6) is -0.432. The second-order valence-corrected chi connectivity index (χ2v) is 6.45. The quantitative estimate of drug-likeness (QED) is 0.902. The number of aromatic nitrogens is 2. The molecule has 0 spiro atoms. The van der Waals surface area contributed by atoms with Crippen LogP contribution in [0.25, 0.3) is 0 Å². The average Bonchev–Trinajstić information content (AvgIpc) is 2.98. The van der Waals surface area contributed by atoms with Crippen molar-refractivity contribution < 1.29 is 9.59 Å². The van der Waals surface area contributed by atoms with Crippen LogP contribution in [0.3, 0.4) is 0 Å². The first-order valence-electron chi connectivity index (χ1n) is 7.51. The topological polar surface area (TPSA) is 67.2 Å². The standard InChI is InChI=1S/C16H16Cl2N4O2/c1-21-6-7-22-14(16(21)24)9-13(20-22)15(23)19-5-4-10-2-3-11(17)8-12(10)18/h2-3,8-9H,4-7H2,1H3,(H,19,23). The van der Waals surface area contributed by atoms with E-state index in [0.29, 0.717) is 41.8 Å². The Balaban J connectivity index is 1.62. The average molecular weight is 367 g/mol. The molecule has 2 amide bonds. The zero-order valence-corrected chi connectivity index (χ0v) is 14.6.